The maximum absolute atomic E-state index is 12.5. The molecule has 6 nitrogen and oxygen atoms in total. The fourth-order valence-corrected chi connectivity index (χ4v) is 12.2. The Kier molecular flexibility index (Phi) is 71.4. The van der Waals surface area contributed by atoms with Crippen molar-refractivity contribution in [2.24, 2.45) is 0 Å². The molecule has 1 amide bonds. The largest absolute Gasteiger partial charge is 0.466 e. The number of amides is 1. The highest BCUT2D eigenvalue weighted by molar-refractivity contribution is 5.76. The number of carbonyl (C=O) groups is 2. The molecule has 0 heterocycles. The van der Waals surface area contributed by atoms with Crippen molar-refractivity contribution in [2.75, 3.05) is 13.2 Å². The normalized spacial score (nSPS) is 12.6. The Morgan fingerprint density at radius 1 is 0.325 bits per heavy atom. The Balaban J connectivity index is 3.38. The van der Waals surface area contributed by atoms with E-state index in [4.69, 9.17) is 4.74 Å². The van der Waals surface area contributed by atoms with E-state index in [0.29, 0.717) is 19.4 Å². The van der Waals surface area contributed by atoms with E-state index in [9.17, 15) is 19.8 Å². The van der Waals surface area contributed by atoms with Gasteiger partial charge in [0.2, 0.25) is 5.91 Å². The summed E-state index contributed by atoms with van der Waals surface area (Å²) in [5.74, 6) is -0.0495. The Labute approximate surface area is 520 Å². The molecule has 0 aliphatic rings. The molecule has 83 heavy (non-hydrogen) atoms. The van der Waals surface area contributed by atoms with Crippen LogP contribution in [0.5, 0.6) is 0 Å². The van der Waals surface area contributed by atoms with E-state index in [1.165, 1.54) is 360 Å². The maximum Gasteiger partial charge on any atom is 0.305 e. The summed E-state index contributed by atoms with van der Waals surface area (Å²) in [4.78, 5) is 24.6. The zero-order valence-electron chi connectivity index (χ0n) is 56.5. The highest BCUT2D eigenvalue weighted by Crippen LogP contribution is 2.20. The van der Waals surface area contributed by atoms with E-state index >= 15 is 0 Å². The van der Waals surface area contributed by atoms with Gasteiger partial charge >= 0.3 is 5.97 Å². The SMILES string of the molecule is CCCCCCCC/C=C\CCCCCCCC(=O)OCCCCCCCCCCCCCCCCCCCCCCCCCCCCCC(=O)NC(CO)C(O)/C=C/CCCCCCCCCCCCCCCCCCCCCCCC. The fourth-order valence-electron chi connectivity index (χ4n) is 12.2. The number of aliphatic hydroxyl groups is 2. The number of aliphatic hydroxyl groups excluding tert-OH is 2. The number of allylic oxidation sites excluding steroid dienone is 3. The summed E-state index contributed by atoms with van der Waals surface area (Å²) in [5.41, 5.74) is 0. The number of rotatable bonds is 72. The highest BCUT2D eigenvalue weighted by atomic mass is 16.5. The van der Waals surface area contributed by atoms with E-state index in [0.717, 1.165) is 44.9 Å². The summed E-state index contributed by atoms with van der Waals surface area (Å²) in [7, 11) is 0. The van der Waals surface area contributed by atoms with Crippen LogP contribution < -0.4 is 5.32 Å². The van der Waals surface area contributed by atoms with Crippen LogP contribution in [0.3, 0.4) is 0 Å². The second kappa shape index (κ2) is 72.8. The summed E-state index contributed by atoms with van der Waals surface area (Å²) < 4.78 is 5.50. The van der Waals surface area contributed by atoms with Crippen molar-refractivity contribution in [3.8, 4) is 0 Å². The number of esters is 1. The van der Waals surface area contributed by atoms with Crippen LogP contribution in [0.15, 0.2) is 24.3 Å². The zero-order valence-corrected chi connectivity index (χ0v) is 56.5. The summed E-state index contributed by atoms with van der Waals surface area (Å²) in [5, 5.41) is 23.3. The molecule has 0 bridgehead atoms. The molecule has 2 atom stereocenters. The lowest BCUT2D eigenvalue weighted by molar-refractivity contribution is -0.143. The van der Waals surface area contributed by atoms with E-state index < -0.39 is 12.1 Å². The van der Waals surface area contributed by atoms with Gasteiger partial charge in [-0.1, -0.05) is 385 Å². The van der Waals surface area contributed by atoms with Crippen LogP contribution in [0.1, 0.15) is 431 Å². The first-order valence-electron chi connectivity index (χ1n) is 38.1. The summed E-state index contributed by atoms with van der Waals surface area (Å²) in [6, 6.07) is -0.627. The van der Waals surface area contributed by atoms with Crippen LogP contribution in [0.4, 0.5) is 0 Å². The van der Waals surface area contributed by atoms with Crippen molar-refractivity contribution in [1.29, 1.82) is 0 Å². The van der Waals surface area contributed by atoms with Crippen molar-refractivity contribution in [1.82, 2.24) is 5.32 Å². The van der Waals surface area contributed by atoms with Crippen molar-refractivity contribution < 1.29 is 24.5 Å². The van der Waals surface area contributed by atoms with Gasteiger partial charge in [0.05, 0.1) is 25.4 Å². The number of ether oxygens (including phenoxy) is 1. The monoisotopic (exact) mass is 1170 g/mol. The van der Waals surface area contributed by atoms with Gasteiger partial charge in [0.25, 0.3) is 0 Å². The lowest BCUT2D eigenvalue weighted by atomic mass is 10.0. The molecule has 0 rings (SSSR count). The van der Waals surface area contributed by atoms with Crippen LogP contribution in [-0.4, -0.2) is 47.4 Å². The third kappa shape index (κ3) is 69.3. The summed E-state index contributed by atoms with van der Waals surface area (Å²) in [6.07, 6.45) is 92.8. The Hall–Kier alpha value is -1.66. The molecule has 492 valence electrons. The number of carbonyl (C=O) groups excluding carboxylic acids is 2. The van der Waals surface area contributed by atoms with Crippen molar-refractivity contribution in [3.05, 3.63) is 24.3 Å². The molecule has 2 unspecified atom stereocenters. The molecule has 0 aromatic carbocycles. The van der Waals surface area contributed by atoms with E-state index in [1.54, 1.807) is 6.08 Å². The quantitative estimate of drug-likeness (QED) is 0.0320. The van der Waals surface area contributed by atoms with Crippen molar-refractivity contribution in [2.45, 2.75) is 443 Å². The molecule has 0 radical (unpaired) electrons. The molecule has 0 saturated heterocycles. The fraction of sp³-hybridized carbons (Fsp3) is 0.922. The maximum atomic E-state index is 12.5. The first-order chi connectivity index (χ1) is 41.0. The molecule has 0 saturated carbocycles. The average Bonchev–Trinajstić information content (AvgIpc) is 3.48. The predicted octanol–water partition coefficient (Wildman–Crippen LogP) is 24.9. The number of hydrogen-bond acceptors (Lipinski definition) is 5. The molecule has 0 aliphatic carbocycles. The molecule has 3 N–H and O–H groups in total. The Morgan fingerprint density at radius 3 is 0.855 bits per heavy atom. The second-order valence-electron chi connectivity index (χ2n) is 26.3. The number of hydrogen-bond donors (Lipinski definition) is 3. The van der Waals surface area contributed by atoms with Crippen LogP contribution in [-0.2, 0) is 14.3 Å². The minimum absolute atomic E-state index is 0.0107. The standard InChI is InChI=1S/C77H149NO5/c1-3-5-7-9-11-13-15-17-19-20-21-22-23-29-32-35-38-42-45-49-53-57-61-65-69-75(80)74(73-79)78-76(81)70-66-62-58-54-50-46-43-39-36-33-30-27-25-24-26-28-31-34-37-40-44-48-52-56-60-64-68-72-83-77(82)71-67-63-59-55-51-47-41-18-16-14-12-10-8-6-4-2/h18,41,65,69,74-75,79-80H,3-17,19-40,42-64,66-68,70-73H2,1-2H3,(H,78,81)/b41-18-,69-65+. The van der Waals surface area contributed by atoms with E-state index in [1.807, 2.05) is 6.08 Å². The third-order valence-electron chi connectivity index (χ3n) is 18.0. The molecule has 0 aromatic heterocycles. The lowest BCUT2D eigenvalue weighted by Crippen LogP contribution is -2.45. The lowest BCUT2D eigenvalue weighted by Gasteiger charge is -2.20. The third-order valence-corrected chi connectivity index (χ3v) is 18.0. The van der Waals surface area contributed by atoms with Gasteiger partial charge in [0, 0.05) is 12.8 Å². The minimum Gasteiger partial charge on any atom is -0.466 e. The van der Waals surface area contributed by atoms with Crippen molar-refractivity contribution >= 4 is 11.9 Å². The predicted molar refractivity (Wildman–Crippen MR) is 366 cm³/mol. The summed E-state index contributed by atoms with van der Waals surface area (Å²) >= 11 is 0. The van der Waals surface area contributed by atoms with Crippen LogP contribution >= 0.6 is 0 Å². The van der Waals surface area contributed by atoms with Gasteiger partial charge < -0.3 is 20.3 Å². The first-order valence-corrected chi connectivity index (χ1v) is 38.1. The number of unbranched alkanes of at least 4 members (excludes halogenated alkanes) is 59. The van der Waals surface area contributed by atoms with Crippen molar-refractivity contribution in [3.63, 3.8) is 0 Å². The van der Waals surface area contributed by atoms with E-state index in [2.05, 4.69) is 31.3 Å². The summed E-state index contributed by atoms with van der Waals surface area (Å²) in [6.45, 7) is 4.94. The van der Waals surface area contributed by atoms with Gasteiger partial charge in [0.1, 0.15) is 0 Å². The smallest absolute Gasteiger partial charge is 0.305 e. The van der Waals surface area contributed by atoms with Crippen LogP contribution in [0.25, 0.3) is 0 Å². The molecule has 6 heteroatoms. The zero-order chi connectivity index (χ0) is 59.9. The first kappa shape index (κ1) is 81.3. The molecule has 0 aliphatic heterocycles. The Morgan fingerprint density at radius 2 is 0.566 bits per heavy atom. The molecular weight excluding hydrogens is 1020 g/mol. The molecular formula is C77H149NO5. The average molecular weight is 1170 g/mol. The van der Waals surface area contributed by atoms with Gasteiger partial charge in [-0.15, -0.1) is 0 Å². The van der Waals surface area contributed by atoms with Gasteiger partial charge in [-0.05, 0) is 57.8 Å². The highest BCUT2D eigenvalue weighted by Gasteiger charge is 2.18. The van der Waals surface area contributed by atoms with Gasteiger partial charge in [-0.2, -0.15) is 0 Å². The topological polar surface area (TPSA) is 95.9 Å². The number of nitrogens with one attached hydrogen (secondary N) is 1. The van der Waals surface area contributed by atoms with Crippen LogP contribution in [0, 0.1) is 0 Å². The van der Waals surface area contributed by atoms with Gasteiger partial charge in [-0.3, -0.25) is 9.59 Å². The second-order valence-corrected chi connectivity index (χ2v) is 26.3. The molecule has 0 spiro atoms. The van der Waals surface area contributed by atoms with Crippen LogP contribution in [0.2, 0.25) is 0 Å². The molecule has 0 aromatic rings. The van der Waals surface area contributed by atoms with E-state index in [-0.39, 0.29) is 18.5 Å². The molecule has 0 fully saturated rings. The van der Waals surface area contributed by atoms with Gasteiger partial charge in [-0.25, -0.2) is 0 Å². The Bertz CT molecular complexity index is 1300. The minimum atomic E-state index is -0.844. The van der Waals surface area contributed by atoms with Gasteiger partial charge in [0.15, 0.2) is 0 Å².